The van der Waals surface area contributed by atoms with Gasteiger partial charge in [0.2, 0.25) is 5.91 Å². The Bertz CT molecular complexity index is 305. The molecule has 104 valence electrons. The van der Waals surface area contributed by atoms with Gasteiger partial charge in [0.15, 0.2) is 0 Å². The number of rotatable bonds is 6. The van der Waals surface area contributed by atoms with Crippen molar-refractivity contribution in [2.45, 2.75) is 45.6 Å². The summed E-state index contributed by atoms with van der Waals surface area (Å²) in [5.41, 5.74) is 0. The zero-order chi connectivity index (χ0) is 13.7. The number of carboxylic acids is 1. The molecular weight excluding hydrogens is 234 g/mol. The minimum absolute atomic E-state index is 0.185. The Kier molecular flexibility index (Phi) is 5.59. The number of carboxylic acid groups (broad SMARTS) is 1. The highest BCUT2D eigenvalue weighted by molar-refractivity contribution is 5.85. The van der Waals surface area contributed by atoms with E-state index in [1.54, 1.807) is 0 Å². The van der Waals surface area contributed by atoms with Crippen LogP contribution in [0.25, 0.3) is 0 Å². The molecular formula is C13H23NO4. The molecule has 0 bridgehead atoms. The van der Waals surface area contributed by atoms with E-state index in [-0.39, 0.29) is 11.8 Å². The fourth-order valence-corrected chi connectivity index (χ4v) is 2.55. The highest BCUT2D eigenvalue weighted by Crippen LogP contribution is 2.36. The first-order valence-electron chi connectivity index (χ1n) is 6.64. The number of aliphatic hydroxyl groups is 1. The topological polar surface area (TPSA) is 86.6 Å². The summed E-state index contributed by atoms with van der Waals surface area (Å²) in [5, 5.41) is 21.2. The van der Waals surface area contributed by atoms with Crippen molar-refractivity contribution in [3.63, 3.8) is 0 Å². The van der Waals surface area contributed by atoms with Crippen molar-refractivity contribution in [2.24, 2.45) is 17.8 Å². The average molecular weight is 257 g/mol. The van der Waals surface area contributed by atoms with Crippen molar-refractivity contribution in [3.8, 4) is 0 Å². The number of hydrogen-bond acceptors (Lipinski definition) is 3. The van der Waals surface area contributed by atoms with Crippen LogP contribution in [0.1, 0.15) is 39.5 Å². The SMILES string of the molecule is CCC(O)CCNC(=O)C1CC(C)CC1C(=O)O. The van der Waals surface area contributed by atoms with Gasteiger partial charge in [0.05, 0.1) is 17.9 Å². The minimum Gasteiger partial charge on any atom is -0.481 e. The summed E-state index contributed by atoms with van der Waals surface area (Å²) < 4.78 is 0. The molecule has 4 atom stereocenters. The highest BCUT2D eigenvalue weighted by Gasteiger charge is 2.40. The van der Waals surface area contributed by atoms with Crippen molar-refractivity contribution in [1.29, 1.82) is 0 Å². The monoisotopic (exact) mass is 257 g/mol. The molecule has 1 aliphatic carbocycles. The van der Waals surface area contributed by atoms with Crippen molar-refractivity contribution >= 4 is 11.9 Å². The summed E-state index contributed by atoms with van der Waals surface area (Å²) in [4.78, 5) is 23.0. The Labute approximate surface area is 108 Å². The van der Waals surface area contributed by atoms with Crippen LogP contribution in [-0.4, -0.2) is 34.7 Å². The Hall–Kier alpha value is -1.10. The lowest BCUT2D eigenvalue weighted by Gasteiger charge is -2.16. The van der Waals surface area contributed by atoms with E-state index in [2.05, 4.69) is 5.32 Å². The molecule has 1 aliphatic rings. The largest absolute Gasteiger partial charge is 0.481 e. The molecule has 0 spiro atoms. The maximum atomic E-state index is 11.9. The summed E-state index contributed by atoms with van der Waals surface area (Å²) in [6, 6.07) is 0. The molecule has 0 aliphatic heterocycles. The number of hydrogen-bond donors (Lipinski definition) is 3. The first kappa shape index (κ1) is 15.0. The first-order chi connectivity index (χ1) is 8.45. The quantitative estimate of drug-likeness (QED) is 0.663. The smallest absolute Gasteiger partial charge is 0.307 e. The van der Waals surface area contributed by atoms with Crippen LogP contribution >= 0.6 is 0 Å². The zero-order valence-corrected chi connectivity index (χ0v) is 11.1. The molecule has 0 aromatic carbocycles. The zero-order valence-electron chi connectivity index (χ0n) is 11.1. The standard InChI is InChI=1S/C13H23NO4/c1-3-9(15)4-5-14-12(16)10-6-8(2)7-11(10)13(17)18/h8-11,15H,3-7H2,1-2H3,(H,14,16)(H,17,18). The van der Waals surface area contributed by atoms with Crippen molar-refractivity contribution in [2.75, 3.05) is 6.54 Å². The van der Waals surface area contributed by atoms with E-state index in [4.69, 9.17) is 5.11 Å². The van der Waals surface area contributed by atoms with Gasteiger partial charge in [-0.25, -0.2) is 0 Å². The maximum Gasteiger partial charge on any atom is 0.307 e. The van der Waals surface area contributed by atoms with Crippen LogP contribution in [0.3, 0.4) is 0 Å². The summed E-state index contributed by atoms with van der Waals surface area (Å²) in [6.07, 6.45) is 1.99. The van der Waals surface area contributed by atoms with Gasteiger partial charge in [-0.2, -0.15) is 0 Å². The summed E-state index contributed by atoms with van der Waals surface area (Å²) in [5.74, 6) is -1.77. The number of carbonyl (C=O) groups excluding carboxylic acids is 1. The van der Waals surface area contributed by atoms with E-state index in [9.17, 15) is 14.7 Å². The molecule has 1 saturated carbocycles. The van der Waals surface area contributed by atoms with Gasteiger partial charge in [0, 0.05) is 6.54 Å². The van der Waals surface area contributed by atoms with Crippen molar-refractivity contribution in [3.05, 3.63) is 0 Å². The summed E-state index contributed by atoms with van der Waals surface area (Å²) in [6.45, 7) is 4.26. The highest BCUT2D eigenvalue weighted by atomic mass is 16.4. The van der Waals surface area contributed by atoms with Crippen LogP contribution in [0.4, 0.5) is 0 Å². The number of aliphatic hydroxyl groups excluding tert-OH is 1. The Balaban J connectivity index is 2.43. The van der Waals surface area contributed by atoms with Crippen LogP contribution in [0, 0.1) is 17.8 Å². The predicted octanol–water partition coefficient (Wildman–Crippen LogP) is 1.01. The van der Waals surface area contributed by atoms with Gasteiger partial charge in [0.25, 0.3) is 0 Å². The fourth-order valence-electron chi connectivity index (χ4n) is 2.55. The maximum absolute atomic E-state index is 11.9. The van der Waals surface area contributed by atoms with Crippen LogP contribution in [-0.2, 0) is 9.59 Å². The fraction of sp³-hybridized carbons (Fsp3) is 0.846. The molecule has 1 amide bonds. The third-order valence-corrected chi connectivity index (χ3v) is 3.70. The molecule has 1 fully saturated rings. The van der Waals surface area contributed by atoms with Crippen LogP contribution < -0.4 is 5.32 Å². The average Bonchev–Trinajstić information content (AvgIpc) is 2.71. The second-order valence-electron chi connectivity index (χ2n) is 5.27. The van der Waals surface area contributed by atoms with Gasteiger partial charge in [0.1, 0.15) is 0 Å². The van der Waals surface area contributed by atoms with Crippen molar-refractivity contribution < 1.29 is 19.8 Å². The van der Waals surface area contributed by atoms with E-state index in [0.29, 0.717) is 32.2 Å². The molecule has 5 heteroatoms. The van der Waals surface area contributed by atoms with E-state index < -0.39 is 23.9 Å². The van der Waals surface area contributed by atoms with Crippen LogP contribution in [0.15, 0.2) is 0 Å². The molecule has 0 radical (unpaired) electrons. The molecule has 3 N–H and O–H groups in total. The third-order valence-electron chi connectivity index (χ3n) is 3.70. The van der Waals surface area contributed by atoms with Crippen molar-refractivity contribution in [1.82, 2.24) is 5.32 Å². The number of carbonyl (C=O) groups is 2. The lowest BCUT2D eigenvalue weighted by Crippen LogP contribution is -2.36. The second kappa shape index (κ2) is 6.73. The van der Waals surface area contributed by atoms with Gasteiger partial charge >= 0.3 is 5.97 Å². The lowest BCUT2D eigenvalue weighted by molar-refractivity contribution is -0.146. The Morgan fingerprint density at radius 3 is 2.50 bits per heavy atom. The molecule has 1 rings (SSSR count). The first-order valence-corrected chi connectivity index (χ1v) is 6.64. The normalized spacial score (nSPS) is 28.9. The second-order valence-corrected chi connectivity index (χ2v) is 5.27. The predicted molar refractivity (Wildman–Crippen MR) is 66.9 cm³/mol. The molecule has 4 unspecified atom stereocenters. The van der Waals surface area contributed by atoms with Crippen LogP contribution in [0.2, 0.25) is 0 Å². The number of nitrogens with one attached hydrogen (secondary N) is 1. The van der Waals surface area contributed by atoms with Gasteiger partial charge in [-0.3, -0.25) is 9.59 Å². The third kappa shape index (κ3) is 3.98. The molecule has 0 aromatic heterocycles. The molecule has 0 heterocycles. The van der Waals surface area contributed by atoms with Gasteiger partial charge in [-0.15, -0.1) is 0 Å². The number of aliphatic carboxylic acids is 1. The van der Waals surface area contributed by atoms with E-state index in [0.717, 1.165) is 0 Å². The Morgan fingerprint density at radius 1 is 1.33 bits per heavy atom. The molecule has 0 aromatic rings. The lowest BCUT2D eigenvalue weighted by atomic mass is 9.95. The van der Waals surface area contributed by atoms with Crippen LogP contribution in [0.5, 0.6) is 0 Å². The van der Waals surface area contributed by atoms with Gasteiger partial charge < -0.3 is 15.5 Å². The molecule has 5 nitrogen and oxygen atoms in total. The van der Waals surface area contributed by atoms with Gasteiger partial charge in [-0.05, 0) is 31.6 Å². The minimum atomic E-state index is -0.881. The number of amides is 1. The van der Waals surface area contributed by atoms with E-state index in [1.165, 1.54) is 0 Å². The van der Waals surface area contributed by atoms with E-state index in [1.807, 2.05) is 13.8 Å². The van der Waals surface area contributed by atoms with E-state index >= 15 is 0 Å². The molecule has 0 saturated heterocycles. The summed E-state index contributed by atoms with van der Waals surface area (Å²) >= 11 is 0. The Morgan fingerprint density at radius 2 is 1.94 bits per heavy atom. The molecule has 18 heavy (non-hydrogen) atoms. The summed E-state index contributed by atoms with van der Waals surface area (Å²) in [7, 11) is 0. The van der Waals surface area contributed by atoms with Gasteiger partial charge in [-0.1, -0.05) is 13.8 Å².